The van der Waals surface area contributed by atoms with E-state index in [9.17, 15) is 9.59 Å². The Morgan fingerprint density at radius 3 is 2.62 bits per heavy atom. The molecule has 6 nitrogen and oxygen atoms in total. The summed E-state index contributed by atoms with van der Waals surface area (Å²) >= 11 is 3.29. The van der Waals surface area contributed by atoms with Crippen LogP contribution in [0.3, 0.4) is 0 Å². The van der Waals surface area contributed by atoms with E-state index in [0.717, 1.165) is 4.47 Å². The van der Waals surface area contributed by atoms with Gasteiger partial charge in [-0.05, 0) is 37.2 Å². The summed E-state index contributed by atoms with van der Waals surface area (Å²) in [5, 5.41) is 11.6. The number of hydrogen-bond acceptors (Lipinski definition) is 4. The Morgan fingerprint density at radius 1 is 1.43 bits per heavy atom. The molecule has 0 atom stereocenters. The molecule has 0 bridgehead atoms. The topological polar surface area (TPSA) is 99.2 Å². The number of nitrogens with zero attached hydrogens (tertiary/aromatic N) is 2. The zero-order valence-electron chi connectivity index (χ0n) is 11.3. The monoisotopic (exact) mass is 350 g/mol. The van der Waals surface area contributed by atoms with E-state index in [1.165, 1.54) is 11.1 Å². The number of amides is 2. The minimum Gasteiger partial charge on any atom is -0.330 e. The van der Waals surface area contributed by atoms with E-state index in [1.54, 1.807) is 30.3 Å². The van der Waals surface area contributed by atoms with Crippen LogP contribution in [0.5, 0.6) is 0 Å². The molecule has 21 heavy (non-hydrogen) atoms. The van der Waals surface area contributed by atoms with Gasteiger partial charge in [0.25, 0.3) is 5.91 Å². The van der Waals surface area contributed by atoms with Crippen molar-refractivity contribution in [3.05, 3.63) is 40.5 Å². The third-order valence-electron chi connectivity index (χ3n) is 2.52. The normalized spacial score (nSPS) is 10.6. The lowest BCUT2D eigenvalue weighted by Crippen LogP contribution is -2.22. The molecule has 0 aliphatic rings. The van der Waals surface area contributed by atoms with Gasteiger partial charge in [-0.3, -0.25) is 9.59 Å². The van der Waals surface area contributed by atoms with Gasteiger partial charge in [0, 0.05) is 22.9 Å². The van der Waals surface area contributed by atoms with E-state index in [0.29, 0.717) is 31.6 Å². The molecule has 7 heteroatoms. The smallest absolute Gasteiger partial charge is 0.267 e. The molecule has 2 amide bonds. The second kappa shape index (κ2) is 8.89. The highest BCUT2D eigenvalue weighted by Crippen LogP contribution is 2.14. The molecular formula is C14H15BrN4O2. The van der Waals surface area contributed by atoms with Gasteiger partial charge in [-0.2, -0.15) is 5.26 Å². The third kappa shape index (κ3) is 5.77. The summed E-state index contributed by atoms with van der Waals surface area (Å²) in [6.45, 7) is 0.780. The molecule has 0 spiro atoms. The van der Waals surface area contributed by atoms with Crippen LogP contribution < -0.4 is 11.1 Å². The lowest BCUT2D eigenvalue weighted by Gasteiger charge is -2.12. The Bertz CT molecular complexity index is 563. The summed E-state index contributed by atoms with van der Waals surface area (Å²) < 4.78 is 0.880. The summed E-state index contributed by atoms with van der Waals surface area (Å²) in [4.78, 5) is 24.1. The average Bonchev–Trinajstić information content (AvgIpc) is 2.50. The second-order valence-electron chi connectivity index (χ2n) is 4.10. The van der Waals surface area contributed by atoms with Gasteiger partial charge >= 0.3 is 0 Å². The van der Waals surface area contributed by atoms with Gasteiger partial charge in [-0.15, -0.1) is 0 Å². The predicted octanol–water partition coefficient (Wildman–Crippen LogP) is 1.60. The average molecular weight is 351 g/mol. The summed E-state index contributed by atoms with van der Waals surface area (Å²) in [6, 6.07) is 8.71. The van der Waals surface area contributed by atoms with Gasteiger partial charge in [-0.1, -0.05) is 15.9 Å². The highest BCUT2D eigenvalue weighted by Gasteiger charge is 2.11. The van der Waals surface area contributed by atoms with Crippen molar-refractivity contribution in [2.75, 3.05) is 18.4 Å². The van der Waals surface area contributed by atoms with Crippen LogP contribution in [0, 0.1) is 11.3 Å². The zero-order chi connectivity index (χ0) is 15.7. The number of anilines is 1. The quantitative estimate of drug-likeness (QED) is 0.443. The summed E-state index contributed by atoms with van der Waals surface area (Å²) in [5.74, 6) is -0.570. The van der Waals surface area contributed by atoms with Gasteiger partial charge in [0.1, 0.15) is 11.6 Å². The van der Waals surface area contributed by atoms with Crippen LogP contribution in [0.4, 0.5) is 5.69 Å². The van der Waals surface area contributed by atoms with Crippen molar-refractivity contribution in [2.45, 2.75) is 6.42 Å². The first-order valence-electron chi connectivity index (χ1n) is 6.20. The van der Waals surface area contributed by atoms with Gasteiger partial charge in [0.15, 0.2) is 0 Å². The summed E-state index contributed by atoms with van der Waals surface area (Å²) in [5.41, 5.74) is 5.77. The molecule has 0 fully saturated rings. The number of hydrogen-bond donors (Lipinski definition) is 2. The van der Waals surface area contributed by atoms with Gasteiger partial charge in [0.05, 0.1) is 0 Å². The first-order chi connectivity index (χ1) is 10.1. The molecule has 0 aliphatic heterocycles. The van der Waals surface area contributed by atoms with Gasteiger partial charge < -0.3 is 16.0 Å². The molecule has 3 N–H and O–H groups in total. The molecule has 0 aromatic heterocycles. The van der Waals surface area contributed by atoms with Crippen LogP contribution in [0.1, 0.15) is 6.42 Å². The second-order valence-corrected chi connectivity index (χ2v) is 5.02. The van der Waals surface area contributed by atoms with Crippen molar-refractivity contribution in [1.29, 1.82) is 5.26 Å². The van der Waals surface area contributed by atoms with E-state index in [4.69, 9.17) is 11.0 Å². The molecular weight excluding hydrogens is 336 g/mol. The van der Waals surface area contributed by atoms with E-state index in [-0.39, 0.29) is 5.57 Å². The summed E-state index contributed by atoms with van der Waals surface area (Å²) in [7, 11) is 0. The minimum atomic E-state index is -0.570. The number of carbonyl (C=O) groups is 2. The Hall–Kier alpha value is -2.17. The fraction of sp³-hybridized carbons (Fsp3) is 0.214. The molecule has 0 radical (unpaired) electrons. The standard InChI is InChI=1S/C14H15BrN4O2/c15-12-2-4-13(5-3-12)18-14(21)11(8-17)9-19(10-20)7-1-6-16/h2-5,9-10H,1,6-7,16H2,(H,18,21)/b11-9-. The van der Waals surface area contributed by atoms with E-state index in [2.05, 4.69) is 21.2 Å². The first-order valence-corrected chi connectivity index (χ1v) is 7.00. The number of nitrogens with two attached hydrogens (primary N) is 1. The SMILES string of the molecule is N#C/C(=C/N(C=O)CCCN)C(=O)Nc1ccc(Br)cc1. The molecule has 1 aromatic rings. The van der Waals surface area contributed by atoms with Crippen molar-refractivity contribution in [2.24, 2.45) is 5.73 Å². The van der Waals surface area contributed by atoms with Crippen molar-refractivity contribution in [1.82, 2.24) is 4.90 Å². The molecule has 1 rings (SSSR count). The van der Waals surface area contributed by atoms with Gasteiger partial charge in [0.2, 0.25) is 6.41 Å². The maximum atomic E-state index is 12.0. The highest BCUT2D eigenvalue weighted by atomic mass is 79.9. The lowest BCUT2D eigenvalue weighted by molar-refractivity contribution is -0.116. The van der Waals surface area contributed by atoms with E-state index < -0.39 is 5.91 Å². The molecule has 1 aromatic carbocycles. The molecule has 110 valence electrons. The molecule has 0 heterocycles. The first kappa shape index (κ1) is 16.9. The summed E-state index contributed by atoms with van der Waals surface area (Å²) in [6.07, 6.45) is 2.36. The van der Waals surface area contributed by atoms with Crippen molar-refractivity contribution in [3.8, 4) is 6.07 Å². The van der Waals surface area contributed by atoms with Crippen molar-refractivity contribution >= 4 is 33.9 Å². The largest absolute Gasteiger partial charge is 0.330 e. The Balaban J connectivity index is 2.78. The molecule has 0 saturated heterocycles. The number of nitrogens with one attached hydrogen (secondary N) is 1. The number of halogens is 1. The van der Waals surface area contributed by atoms with Crippen LogP contribution in [-0.2, 0) is 9.59 Å². The Labute approximate surface area is 131 Å². The Morgan fingerprint density at radius 2 is 2.10 bits per heavy atom. The molecule has 0 aliphatic carbocycles. The zero-order valence-corrected chi connectivity index (χ0v) is 12.8. The van der Waals surface area contributed by atoms with Gasteiger partial charge in [-0.25, -0.2) is 0 Å². The van der Waals surface area contributed by atoms with Crippen LogP contribution >= 0.6 is 15.9 Å². The third-order valence-corrected chi connectivity index (χ3v) is 3.05. The highest BCUT2D eigenvalue weighted by molar-refractivity contribution is 9.10. The van der Waals surface area contributed by atoms with Crippen LogP contribution in [0.25, 0.3) is 0 Å². The van der Waals surface area contributed by atoms with Crippen molar-refractivity contribution < 1.29 is 9.59 Å². The Kier molecular flexibility index (Phi) is 7.15. The predicted molar refractivity (Wildman–Crippen MR) is 82.9 cm³/mol. The van der Waals surface area contributed by atoms with E-state index in [1.807, 2.05) is 0 Å². The maximum absolute atomic E-state index is 12.0. The number of nitriles is 1. The van der Waals surface area contributed by atoms with Crippen LogP contribution in [0.2, 0.25) is 0 Å². The van der Waals surface area contributed by atoms with Crippen LogP contribution in [0.15, 0.2) is 40.5 Å². The fourth-order valence-electron chi connectivity index (χ4n) is 1.46. The van der Waals surface area contributed by atoms with Crippen LogP contribution in [-0.4, -0.2) is 30.3 Å². The maximum Gasteiger partial charge on any atom is 0.267 e. The minimum absolute atomic E-state index is 0.151. The number of rotatable bonds is 7. The number of benzene rings is 1. The fourth-order valence-corrected chi connectivity index (χ4v) is 1.72. The number of carbonyl (C=O) groups excluding carboxylic acids is 2. The molecule has 0 saturated carbocycles. The lowest BCUT2D eigenvalue weighted by atomic mass is 10.2. The molecule has 0 unspecified atom stereocenters. The van der Waals surface area contributed by atoms with E-state index >= 15 is 0 Å². The van der Waals surface area contributed by atoms with Crippen molar-refractivity contribution in [3.63, 3.8) is 0 Å².